The number of methoxy groups -OCH3 is 2. The Morgan fingerprint density at radius 2 is 1.89 bits per heavy atom. The molecule has 1 saturated carbocycles. The van der Waals surface area contributed by atoms with E-state index in [4.69, 9.17) is 9.47 Å². The Labute approximate surface area is 56.2 Å². The Bertz CT molecular complexity index is 92.9. The highest BCUT2D eigenvalue weighted by Gasteiger charge is 2.38. The summed E-state index contributed by atoms with van der Waals surface area (Å²) in [6.45, 7) is 2.18. The molecule has 1 rings (SSSR count). The smallest absolute Gasteiger partial charge is 0.0859 e. The molecular weight excluding hydrogens is 116 g/mol. The van der Waals surface area contributed by atoms with Crippen molar-refractivity contribution in [2.75, 3.05) is 14.2 Å². The lowest BCUT2D eigenvalue weighted by molar-refractivity contribution is -0.132. The van der Waals surface area contributed by atoms with E-state index in [0.29, 0.717) is 18.1 Å². The van der Waals surface area contributed by atoms with Gasteiger partial charge in [-0.25, -0.2) is 0 Å². The lowest BCUT2D eigenvalue weighted by Gasteiger charge is -2.40. The van der Waals surface area contributed by atoms with Crippen LogP contribution in [0.25, 0.3) is 0 Å². The van der Waals surface area contributed by atoms with Crippen LogP contribution in [-0.2, 0) is 9.47 Å². The monoisotopic (exact) mass is 130 g/mol. The van der Waals surface area contributed by atoms with Crippen LogP contribution in [0.5, 0.6) is 0 Å². The van der Waals surface area contributed by atoms with E-state index in [-0.39, 0.29) is 0 Å². The summed E-state index contributed by atoms with van der Waals surface area (Å²) < 4.78 is 10.3. The van der Waals surface area contributed by atoms with Crippen LogP contribution in [0, 0.1) is 5.92 Å². The van der Waals surface area contributed by atoms with E-state index in [2.05, 4.69) is 6.92 Å². The van der Waals surface area contributed by atoms with Crippen LogP contribution in [0.1, 0.15) is 13.3 Å². The molecule has 2 nitrogen and oxygen atoms in total. The first-order valence-electron chi connectivity index (χ1n) is 3.35. The molecule has 0 N–H and O–H groups in total. The summed E-state index contributed by atoms with van der Waals surface area (Å²) in [5.41, 5.74) is 0. The maximum absolute atomic E-state index is 5.18. The van der Waals surface area contributed by atoms with Crippen molar-refractivity contribution in [3.8, 4) is 0 Å². The van der Waals surface area contributed by atoms with Gasteiger partial charge in [0.1, 0.15) is 0 Å². The van der Waals surface area contributed by atoms with Crippen molar-refractivity contribution in [1.82, 2.24) is 0 Å². The molecule has 0 aromatic rings. The highest BCUT2D eigenvalue weighted by atomic mass is 16.5. The van der Waals surface area contributed by atoms with Crippen LogP contribution in [0.2, 0.25) is 0 Å². The molecular formula is C7H14O2. The molecule has 0 amide bonds. The van der Waals surface area contributed by atoms with Crippen LogP contribution in [-0.4, -0.2) is 26.4 Å². The summed E-state index contributed by atoms with van der Waals surface area (Å²) in [5.74, 6) is 0.681. The zero-order valence-electron chi connectivity index (χ0n) is 6.26. The fourth-order valence-corrected chi connectivity index (χ4v) is 1.42. The van der Waals surface area contributed by atoms with Gasteiger partial charge < -0.3 is 9.47 Å². The molecule has 2 heteroatoms. The second-order valence-corrected chi connectivity index (χ2v) is 2.69. The molecule has 1 aliphatic carbocycles. The second kappa shape index (κ2) is 2.67. The predicted octanol–water partition coefficient (Wildman–Crippen LogP) is 1.06. The molecule has 1 aliphatic rings. The molecule has 0 radical (unpaired) electrons. The van der Waals surface area contributed by atoms with Gasteiger partial charge in [0, 0.05) is 14.2 Å². The molecule has 0 aromatic heterocycles. The molecule has 0 aliphatic heterocycles. The van der Waals surface area contributed by atoms with Gasteiger partial charge in [0.05, 0.1) is 12.2 Å². The van der Waals surface area contributed by atoms with E-state index in [1.165, 1.54) is 0 Å². The number of rotatable bonds is 2. The van der Waals surface area contributed by atoms with Gasteiger partial charge in [-0.15, -0.1) is 0 Å². The van der Waals surface area contributed by atoms with Gasteiger partial charge in [-0.05, 0) is 12.3 Å². The van der Waals surface area contributed by atoms with Crippen molar-refractivity contribution in [2.24, 2.45) is 5.92 Å². The first kappa shape index (κ1) is 7.03. The van der Waals surface area contributed by atoms with Crippen molar-refractivity contribution in [3.63, 3.8) is 0 Å². The Kier molecular flexibility index (Phi) is 2.09. The molecule has 3 atom stereocenters. The third kappa shape index (κ3) is 1.10. The molecule has 1 fully saturated rings. The maximum Gasteiger partial charge on any atom is 0.0859 e. The van der Waals surface area contributed by atoms with Crippen molar-refractivity contribution in [2.45, 2.75) is 25.6 Å². The van der Waals surface area contributed by atoms with E-state index >= 15 is 0 Å². The fourth-order valence-electron chi connectivity index (χ4n) is 1.42. The molecule has 0 heterocycles. The van der Waals surface area contributed by atoms with Crippen molar-refractivity contribution >= 4 is 0 Å². The quantitative estimate of drug-likeness (QED) is 0.556. The van der Waals surface area contributed by atoms with Crippen LogP contribution >= 0.6 is 0 Å². The SMILES string of the molecule is COC1CC(C)C1OC. The third-order valence-corrected chi connectivity index (χ3v) is 2.11. The topological polar surface area (TPSA) is 18.5 Å². The van der Waals surface area contributed by atoms with Crippen LogP contribution in [0.4, 0.5) is 0 Å². The van der Waals surface area contributed by atoms with Gasteiger partial charge >= 0.3 is 0 Å². The predicted molar refractivity (Wildman–Crippen MR) is 35.4 cm³/mol. The summed E-state index contributed by atoms with van der Waals surface area (Å²) in [6, 6.07) is 0. The number of hydrogen-bond donors (Lipinski definition) is 0. The molecule has 0 aromatic carbocycles. The molecule has 54 valence electrons. The molecule has 9 heavy (non-hydrogen) atoms. The highest BCUT2D eigenvalue weighted by Crippen LogP contribution is 2.31. The maximum atomic E-state index is 5.18. The summed E-state index contributed by atoms with van der Waals surface area (Å²) >= 11 is 0. The minimum Gasteiger partial charge on any atom is -0.379 e. The van der Waals surface area contributed by atoms with E-state index < -0.39 is 0 Å². The van der Waals surface area contributed by atoms with Crippen molar-refractivity contribution in [1.29, 1.82) is 0 Å². The van der Waals surface area contributed by atoms with E-state index in [1.807, 2.05) is 0 Å². The molecule has 0 bridgehead atoms. The van der Waals surface area contributed by atoms with E-state index in [0.717, 1.165) is 6.42 Å². The Balaban J connectivity index is 2.29. The van der Waals surface area contributed by atoms with Crippen molar-refractivity contribution in [3.05, 3.63) is 0 Å². The van der Waals surface area contributed by atoms with Gasteiger partial charge in [0.2, 0.25) is 0 Å². The molecule has 0 spiro atoms. The van der Waals surface area contributed by atoms with Gasteiger partial charge in [0.15, 0.2) is 0 Å². The van der Waals surface area contributed by atoms with Crippen LogP contribution < -0.4 is 0 Å². The second-order valence-electron chi connectivity index (χ2n) is 2.69. The first-order chi connectivity index (χ1) is 4.29. The zero-order valence-corrected chi connectivity index (χ0v) is 6.26. The summed E-state index contributed by atoms with van der Waals surface area (Å²) in [4.78, 5) is 0. The van der Waals surface area contributed by atoms with E-state index in [9.17, 15) is 0 Å². The average Bonchev–Trinajstić information content (AvgIpc) is 1.83. The number of hydrogen-bond acceptors (Lipinski definition) is 2. The van der Waals surface area contributed by atoms with Crippen LogP contribution in [0.3, 0.4) is 0 Å². The number of ether oxygens (including phenoxy) is 2. The minimum atomic E-state index is 0.343. The first-order valence-corrected chi connectivity index (χ1v) is 3.35. The average molecular weight is 130 g/mol. The fraction of sp³-hybridized carbons (Fsp3) is 1.00. The minimum absolute atomic E-state index is 0.343. The molecule has 3 unspecified atom stereocenters. The van der Waals surface area contributed by atoms with Gasteiger partial charge in [-0.3, -0.25) is 0 Å². The van der Waals surface area contributed by atoms with E-state index in [1.54, 1.807) is 14.2 Å². The Morgan fingerprint density at radius 3 is 2.11 bits per heavy atom. The largest absolute Gasteiger partial charge is 0.379 e. The standard InChI is InChI=1S/C7H14O2/c1-5-4-6(8-2)7(5)9-3/h5-7H,4H2,1-3H3. The summed E-state index contributed by atoms with van der Waals surface area (Å²) in [5, 5.41) is 0. The Morgan fingerprint density at radius 1 is 1.22 bits per heavy atom. The highest BCUT2D eigenvalue weighted by molar-refractivity contribution is 4.88. The van der Waals surface area contributed by atoms with Crippen LogP contribution in [0.15, 0.2) is 0 Å². The summed E-state index contributed by atoms with van der Waals surface area (Å²) in [7, 11) is 3.48. The van der Waals surface area contributed by atoms with Gasteiger partial charge in [0.25, 0.3) is 0 Å². The third-order valence-electron chi connectivity index (χ3n) is 2.11. The normalized spacial score (nSPS) is 42.3. The lowest BCUT2D eigenvalue weighted by atomic mass is 9.80. The Hall–Kier alpha value is -0.0800. The zero-order chi connectivity index (χ0) is 6.85. The molecule has 0 saturated heterocycles. The van der Waals surface area contributed by atoms with Gasteiger partial charge in [-0.1, -0.05) is 6.92 Å². The van der Waals surface area contributed by atoms with Crippen molar-refractivity contribution < 1.29 is 9.47 Å². The van der Waals surface area contributed by atoms with Gasteiger partial charge in [-0.2, -0.15) is 0 Å². The lowest BCUT2D eigenvalue weighted by Crippen LogP contribution is -2.47. The summed E-state index contributed by atoms with van der Waals surface area (Å²) in [6.07, 6.45) is 1.84.